The summed E-state index contributed by atoms with van der Waals surface area (Å²) in [5.74, 6) is -0.459. The number of sulfonamides is 1. The molecular formula is C13H20FN3O2S. The van der Waals surface area contributed by atoms with Crippen LogP contribution in [0.1, 0.15) is 32.6 Å². The molecule has 1 aliphatic carbocycles. The average molecular weight is 301 g/mol. The maximum Gasteiger partial charge on any atom is 0.261 e. The minimum absolute atomic E-state index is 0.199. The Kier molecular flexibility index (Phi) is 4.41. The zero-order chi connectivity index (χ0) is 14.8. The highest BCUT2D eigenvalue weighted by molar-refractivity contribution is 7.89. The van der Waals surface area contributed by atoms with Crippen LogP contribution >= 0.6 is 0 Å². The molecule has 3 N–H and O–H groups in total. The fraction of sp³-hybridized carbons (Fsp3) is 0.615. The minimum Gasteiger partial charge on any atom is -0.329 e. The summed E-state index contributed by atoms with van der Waals surface area (Å²) in [7, 11) is -4.00. The third-order valence-corrected chi connectivity index (χ3v) is 5.32. The van der Waals surface area contributed by atoms with Crippen LogP contribution in [0, 0.1) is 11.7 Å². The van der Waals surface area contributed by atoms with Crippen molar-refractivity contribution < 1.29 is 12.8 Å². The van der Waals surface area contributed by atoms with Gasteiger partial charge in [0, 0.05) is 18.3 Å². The lowest BCUT2D eigenvalue weighted by Gasteiger charge is -2.39. The number of nitrogens with one attached hydrogen (secondary N) is 1. The van der Waals surface area contributed by atoms with Crippen molar-refractivity contribution in [3.05, 3.63) is 24.1 Å². The number of aromatic nitrogens is 1. The van der Waals surface area contributed by atoms with Gasteiger partial charge in [-0.05, 0) is 30.9 Å². The van der Waals surface area contributed by atoms with Gasteiger partial charge < -0.3 is 5.73 Å². The molecule has 0 saturated heterocycles. The summed E-state index contributed by atoms with van der Waals surface area (Å²) in [6, 6.07) is 2.44. The van der Waals surface area contributed by atoms with E-state index < -0.39 is 26.4 Å². The molecule has 1 aliphatic rings. The summed E-state index contributed by atoms with van der Waals surface area (Å²) in [4.78, 5) is 3.63. The molecule has 0 spiro atoms. The van der Waals surface area contributed by atoms with Crippen molar-refractivity contribution in [2.24, 2.45) is 11.7 Å². The van der Waals surface area contributed by atoms with Crippen molar-refractivity contribution >= 4 is 10.0 Å². The molecular weight excluding hydrogens is 281 g/mol. The zero-order valence-corrected chi connectivity index (χ0v) is 12.3. The van der Waals surface area contributed by atoms with Crippen LogP contribution in [0.4, 0.5) is 4.39 Å². The lowest BCUT2D eigenvalue weighted by molar-refractivity contribution is 0.222. The predicted molar refractivity (Wildman–Crippen MR) is 73.9 cm³/mol. The molecule has 0 bridgehead atoms. The number of nitrogens with zero attached hydrogens (tertiary/aromatic N) is 1. The maximum atomic E-state index is 13.6. The molecule has 7 heteroatoms. The van der Waals surface area contributed by atoms with Crippen LogP contribution in [0.15, 0.2) is 23.4 Å². The monoisotopic (exact) mass is 301 g/mol. The lowest BCUT2D eigenvalue weighted by Crippen LogP contribution is -2.56. The lowest BCUT2D eigenvalue weighted by atomic mass is 9.77. The normalized spacial score (nSPS) is 27.4. The van der Waals surface area contributed by atoms with Crippen LogP contribution in [0.25, 0.3) is 0 Å². The Bertz CT molecular complexity index is 579. The molecule has 20 heavy (non-hydrogen) atoms. The Morgan fingerprint density at radius 2 is 2.35 bits per heavy atom. The molecule has 112 valence electrons. The van der Waals surface area contributed by atoms with Crippen LogP contribution in [0.5, 0.6) is 0 Å². The van der Waals surface area contributed by atoms with Gasteiger partial charge in [0.25, 0.3) is 10.0 Å². The quantitative estimate of drug-likeness (QED) is 0.880. The van der Waals surface area contributed by atoms with Crippen LogP contribution in [-0.4, -0.2) is 25.5 Å². The summed E-state index contributed by atoms with van der Waals surface area (Å²) in [6.07, 6.45) is 4.56. The first-order chi connectivity index (χ1) is 9.38. The van der Waals surface area contributed by atoms with Crippen LogP contribution < -0.4 is 10.5 Å². The first-order valence-corrected chi connectivity index (χ1v) is 8.21. The van der Waals surface area contributed by atoms with E-state index in [1.807, 2.05) is 0 Å². The number of pyridine rings is 1. The van der Waals surface area contributed by atoms with Gasteiger partial charge >= 0.3 is 0 Å². The third kappa shape index (κ3) is 3.16. The second-order valence-electron chi connectivity index (χ2n) is 5.58. The molecule has 0 aliphatic heterocycles. The fourth-order valence-electron chi connectivity index (χ4n) is 2.88. The second-order valence-corrected chi connectivity index (χ2v) is 7.18. The molecule has 0 radical (unpaired) electrons. The van der Waals surface area contributed by atoms with Crippen molar-refractivity contribution in [2.45, 2.75) is 43.2 Å². The maximum absolute atomic E-state index is 13.6. The SMILES string of the molecule is CC1CCCC(CN)(NS(=O)(=O)c2ncccc2F)C1. The van der Waals surface area contributed by atoms with E-state index in [1.165, 1.54) is 12.3 Å². The van der Waals surface area contributed by atoms with E-state index in [4.69, 9.17) is 5.73 Å². The zero-order valence-electron chi connectivity index (χ0n) is 11.5. The third-order valence-electron chi connectivity index (χ3n) is 3.81. The van der Waals surface area contributed by atoms with Crippen molar-refractivity contribution in [1.82, 2.24) is 9.71 Å². The highest BCUT2D eigenvalue weighted by atomic mass is 32.2. The van der Waals surface area contributed by atoms with Crippen molar-refractivity contribution in [3.63, 3.8) is 0 Å². The Morgan fingerprint density at radius 1 is 1.60 bits per heavy atom. The summed E-state index contributed by atoms with van der Waals surface area (Å²) >= 11 is 0. The first-order valence-electron chi connectivity index (χ1n) is 6.73. The highest BCUT2D eigenvalue weighted by Crippen LogP contribution is 2.32. The average Bonchev–Trinajstić information content (AvgIpc) is 2.38. The standard InChI is InChI=1S/C13H20FN3O2S/c1-10-4-2-6-13(8-10,9-15)17-20(18,19)12-11(14)5-3-7-16-12/h3,5,7,10,17H,2,4,6,8-9,15H2,1H3. The van der Waals surface area contributed by atoms with E-state index >= 15 is 0 Å². The van der Waals surface area contributed by atoms with Crippen LogP contribution in [0.3, 0.4) is 0 Å². The van der Waals surface area contributed by atoms with E-state index in [-0.39, 0.29) is 6.54 Å². The number of rotatable bonds is 4. The topological polar surface area (TPSA) is 85.1 Å². The number of nitrogens with two attached hydrogens (primary N) is 1. The molecule has 1 saturated carbocycles. The molecule has 0 aromatic carbocycles. The van der Waals surface area contributed by atoms with Crippen molar-refractivity contribution in [2.75, 3.05) is 6.54 Å². The van der Waals surface area contributed by atoms with Gasteiger partial charge in [-0.2, -0.15) is 0 Å². The van der Waals surface area contributed by atoms with Gasteiger partial charge in [-0.1, -0.05) is 19.8 Å². The van der Waals surface area contributed by atoms with Gasteiger partial charge in [-0.25, -0.2) is 22.5 Å². The van der Waals surface area contributed by atoms with Gasteiger partial charge in [-0.15, -0.1) is 0 Å². The van der Waals surface area contributed by atoms with Crippen molar-refractivity contribution in [1.29, 1.82) is 0 Å². The van der Waals surface area contributed by atoms with E-state index in [9.17, 15) is 12.8 Å². The molecule has 1 aromatic rings. The minimum atomic E-state index is -4.00. The molecule has 5 nitrogen and oxygen atoms in total. The molecule has 2 unspecified atom stereocenters. The number of halogens is 1. The molecule has 1 heterocycles. The second kappa shape index (κ2) is 5.75. The molecule has 1 aromatic heterocycles. The molecule has 0 amide bonds. The van der Waals surface area contributed by atoms with Gasteiger partial charge in [0.15, 0.2) is 5.82 Å². The van der Waals surface area contributed by atoms with Gasteiger partial charge in [0.2, 0.25) is 5.03 Å². The van der Waals surface area contributed by atoms with Gasteiger partial charge in [0.05, 0.1) is 0 Å². The molecule has 2 rings (SSSR count). The Hall–Kier alpha value is -1.05. The first kappa shape index (κ1) is 15.3. The Morgan fingerprint density at radius 3 is 2.95 bits per heavy atom. The van der Waals surface area contributed by atoms with E-state index in [1.54, 1.807) is 0 Å². The van der Waals surface area contributed by atoms with Gasteiger partial charge in [-0.3, -0.25) is 0 Å². The Balaban J connectivity index is 2.29. The van der Waals surface area contributed by atoms with E-state index in [0.717, 1.165) is 18.9 Å². The molecule has 1 fully saturated rings. The smallest absolute Gasteiger partial charge is 0.261 e. The molecule has 2 atom stereocenters. The summed E-state index contributed by atoms with van der Waals surface area (Å²) in [5, 5.41) is -0.564. The largest absolute Gasteiger partial charge is 0.329 e. The fourth-order valence-corrected chi connectivity index (χ4v) is 4.34. The van der Waals surface area contributed by atoms with Gasteiger partial charge in [0.1, 0.15) is 0 Å². The van der Waals surface area contributed by atoms with E-state index in [0.29, 0.717) is 18.8 Å². The van der Waals surface area contributed by atoms with Crippen LogP contribution in [-0.2, 0) is 10.0 Å². The Labute approximate surface area is 118 Å². The summed E-state index contributed by atoms with van der Waals surface area (Å²) in [5.41, 5.74) is 5.09. The van der Waals surface area contributed by atoms with E-state index in [2.05, 4.69) is 16.6 Å². The summed E-state index contributed by atoms with van der Waals surface area (Å²) in [6.45, 7) is 2.27. The number of hydrogen-bond acceptors (Lipinski definition) is 4. The van der Waals surface area contributed by atoms with Crippen LogP contribution in [0.2, 0.25) is 0 Å². The summed E-state index contributed by atoms with van der Waals surface area (Å²) < 4.78 is 40.9. The van der Waals surface area contributed by atoms with Crippen molar-refractivity contribution in [3.8, 4) is 0 Å². The predicted octanol–water partition coefficient (Wildman–Crippen LogP) is 1.41. The number of hydrogen-bond donors (Lipinski definition) is 2. The highest BCUT2D eigenvalue weighted by Gasteiger charge is 2.38.